The number of nitrogens with one attached hydrogen (secondary N) is 1. The van der Waals surface area contributed by atoms with Gasteiger partial charge in [-0.2, -0.15) is 0 Å². The smallest absolute Gasteiger partial charge is 0.261 e. The van der Waals surface area contributed by atoms with E-state index in [0.717, 1.165) is 24.5 Å². The largest absolute Gasteiger partial charge is 0.493 e. The van der Waals surface area contributed by atoms with Crippen LogP contribution in [0.15, 0.2) is 88.5 Å². The number of carbonyl (C=O) groups is 1. The zero-order valence-corrected chi connectivity index (χ0v) is 28.4. The van der Waals surface area contributed by atoms with Crippen molar-refractivity contribution in [3.05, 3.63) is 111 Å². The molecule has 6 rings (SSSR count). The molecule has 3 heterocycles. The van der Waals surface area contributed by atoms with Crippen LogP contribution >= 0.6 is 15.9 Å². The van der Waals surface area contributed by atoms with E-state index in [1.165, 1.54) is 37.6 Å². The summed E-state index contributed by atoms with van der Waals surface area (Å²) >= 11 is 3.25. The molecule has 0 saturated carbocycles. The number of methoxy groups -OCH3 is 2. The molecule has 0 unspecified atom stereocenters. The highest BCUT2D eigenvalue weighted by molar-refractivity contribution is 9.10. The number of amides is 1. The third-order valence-corrected chi connectivity index (χ3v) is 9.00. The summed E-state index contributed by atoms with van der Waals surface area (Å²) in [6, 6.07) is 15.6. The highest BCUT2D eigenvalue weighted by Gasteiger charge is 2.22. The zero-order valence-electron chi connectivity index (χ0n) is 26.8. The van der Waals surface area contributed by atoms with Crippen LogP contribution in [0.5, 0.6) is 11.5 Å². The number of anilines is 2. The van der Waals surface area contributed by atoms with Crippen LogP contribution in [0.2, 0.25) is 0 Å². The maximum Gasteiger partial charge on any atom is 0.261 e. The van der Waals surface area contributed by atoms with Crippen molar-refractivity contribution in [2.24, 2.45) is 5.92 Å². The van der Waals surface area contributed by atoms with Crippen LogP contribution < -0.4 is 26.0 Å². The van der Waals surface area contributed by atoms with E-state index >= 15 is 8.78 Å². The van der Waals surface area contributed by atoms with Crippen molar-refractivity contribution in [3.63, 3.8) is 0 Å². The van der Waals surface area contributed by atoms with Gasteiger partial charge < -0.3 is 29.8 Å². The van der Waals surface area contributed by atoms with Gasteiger partial charge in [0.2, 0.25) is 5.43 Å². The summed E-state index contributed by atoms with van der Waals surface area (Å²) in [5.41, 5.74) is 7.49. The second-order valence-electron chi connectivity index (χ2n) is 11.7. The van der Waals surface area contributed by atoms with Gasteiger partial charge in [-0.15, -0.1) is 0 Å². The predicted molar refractivity (Wildman–Crippen MR) is 188 cm³/mol. The lowest BCUT2D eigenvalue weighted by Gasteiger charge is -2.23. The molecule has 2 aromatic heterocycles. The lowest BCUT2D eigenvalue weighted by molar-refractivity contribution is 0.0612. The van der Waals surface area contributed by atoms with Crippen molar-refractivity contribution in [1.82, 2.24) is 9.55 Å². The number of nitrogens with zero attached hydrogens (tertiary/aromatic N) is 2. The van der Waals surface area contributed by atoms with Crippen molar-refractivity contribution in [2.45, 2.75) is 19.4 Å². The number of ether oxygens (including phenoxy) is 3. The summed E-state index contributed by atoms with van der Waals surface area (Å²) in [5, 5.41) is 2.64. The van der Waals surface area contributed by atoms with E-state index in [2.05, 4.69) is 26.2 Å². The highest BCUT2D eigenvalue weighted by Crippen LogP contribution is 2.36. The van der Waals surface area contributed by atoms with E-state index in [4.69, 9.17) is 19.9 Å². The number of rotatable bonds is 9. The molecule has 1 fully saturated rings. The molecule has 0 aliphatic carbocycles. The average Bonchev–Trinajstić information content (AvgIpc) is 3.10. The fraction of sp³-hybridized carbons (Fsp3) is 0.216. The molecule has 1 amide bonds. The van der Waals surface area contributed by atoms with E-state index in [9.17, 15) is 9.59 Å². The fourth-order valence-electron chi connectivity index (χ4n) is 5.90. The summed E-state index contributed by atoms with van der Waals surface area (Å²) in [6.07, 6.45) is 6.25. The Balaban J connectivity index is 1.31. The number of benzene rings is 3. The van der Waals surface area contributed by atoms with Crippen LogP contribution in [0.25, 0.3) is 33.4 Å². The molecule has 1 saturated heterocycles. The summed E-state index contributed by atoms with van der Waals surface area (Å²) in [4.78, 5) is 31.6. The van der Waals surface area contributed by atoms with E-state index in [1.807, 2.05) is 6.07 Å². The van der Waals surface area contributed by atoms with Crippen molar-refractivity contribution in [3.8, 4) is 44.9 Å². The number of hydrogen-bond acceptors (Lipinski definition) is 7. The lowest BCUT2D eigenvalue weighted by Crippen LogP contribution is -2.27. The second kappa shape index (κ2) is 14.6. The lowest BCUT2D eigenvalue weighted by atomic mass is 9.99. The van der Waals surface area contributed by atoms with Gasteiger partial charge in [0.15, 0.2) is 11.5 Å². The molecule has 1 aliphatic heterocycles. The Labute approximate surface area is 289 Å². The molecule has 0 spiro atoms. The monoisotopic (exact) mass is 730 g/mol. The first-order valence-electron chi connectivity index (χ1n) is 15.5. The van der Waals surface area contributed by atoms with Gasteiger partial charge in [-0.05, 0) is 72.9 Å². The van der Waals surface area contributed by atoms with Crippen LogP contribution in [0.4, 0.5) is 20.3 Å². The van der Waals surface area contributed by atoms with Gasteiger partial charge in [-0.25, -0.2) is 13.8 Å². The Bertz CT molecular complexity index is 2100. The molecule has 0 radical (unpaired) electrons. The summed E-state index contributed by atoms with van der Waals surface area (Å²) in [6.45, 7) is 1.75. The van der Waals surface area contributed by atoms with Gasteiger partial charge in [-0.3, -0.25) is 9.59 Å². The summed E-state index contributed by atoms with van der Waals surface area (Å²) in [5.74, 6) is -0.586. The number of nitrogens with two attached hydrogens (primary N) is 1. The predicted octanol–water partition coefficient (Wildman–Crippen LogP) is 7.56. The van der Waals surface area contributed by atoms with Crippen LogP contribution in [0.3, 0.4) is 0 Å². The van der Waals surface area contributed by atoms with Crippen molar-refractivity contribution in [2.75, 3.05) is 38.5 Å². The van der Waals surface area contributed by atoms with Gasteiger partial charge >= 0.3 is 0 Å². The Hall–Kier alpha value is -5.07. The topological polar surface area (TPSA) is 118 Å². The van der Waals surface area contributed by atoms with Gasteiger partial charge in [0.25, 0.3) is 5.91 Å². The molecule has 12 heteroatoms. The standard InChI is InChI=1S/C37H33BrF2N4O5/c1-47-33-8-3-22(14-34(33)48-2)23-13-28(36(41)42-17-23)26-7-5-25(16-32(26)40)43-37(46)30-20-44(18-21-9-11-49-12-10-21)19-29(35(30)45)27-6-4-24(38)15-31(27)39/h3-8,13-17,19-21H,9-12,18H2,1-2H3,(H2,41,42)(H,43,46). The van der Waals surface area contributed by atoms with Crippen molar-refractivity contribution >= 4 is 33.3 Å². The molecule has 5 aromatic rings. The highest BCUT2D eigenvalue weighted by atomic mass is 79.9. The van der Waals surface area contributed by atoms with Crippen molar-refractivity contribution in [1.29, 1.82) is 0 Å². The Morgan fingerprint density at radius 1 is 0.918 bits per heavy atom. The number of nitrogen functional groups attached to an aromatic ring is 1. The molecule has 0 bridgehead atoms. The normalized spacial score (nSPS) is 13.2. The molecule has 3 aromatic carbocycles. The first-order valence-corrected chi connectivity index (χ1v) is 16.3. The minimum atomic E-state index is -0.756. The minimum Gasteiger partial charge on any atom is -0.493 e. The SMILES string of the molecule is COc1ccc(-c2cnc(N)c(-c3ccc(NC(=O)c4cn(CC5CCOCC5)cc(-c5ccc(Br)cc5F)c4=O)cc3F)c2)cc1OC. The van der Waals surface area contributed by atoms with Crippen LogP contribution in [-0.4, -0.2) is 42.9 Å². The van der Waals surface area contributed by atoms with E-state index in [0.29, 0.717) is 46.9 Å². The average molecular weight is 732 g/mol. The Morgan fingerprint density at radius 2 is 1.63 bits per heavy atom. The summed E-state index contributed by atoms with van der Waals surface area (Å²) in [7, 11) is 3.08. The third kappa shape index (κ3) is 7.35. The van der Waals surface area contributed by atoms with Crippen molar-refractivity contribution < 1.29 is 27.8 Å². The van der Waals surface area contributed by atoms with Crippen LogP contribution in [0, 0.1) is 17.6 Å². The van der Waals surface area contributed by atoms with Crippen LogP contribution in [-0.2, 0) is 11.3 Å². The van der Waals surface area contributed by atoms with Crippen LogP contribution in [0.1, 0.15) is 23.2 Å². The maximum atomic E-state index is 15.7. The molecule has 3 N–H and O–H groups in total. The summed E-state index contributed by atoms with van der Waals surface area (Å²) < 4.78 is 49.2. The third-order valence-electron chi connectivity index (χ3n) is 8.51. The quantitative estimate of drug-likeness (QED) is 0.161. The number of pyridine rings is 2. The maximum absolute atomic E-state index is 15.7. The molecule has 252 valence electrons. The van der Waals surface area contributed by atoms with Gasteiger partial charge in [-0.1, -0.05) is 28.1 Å². The zero-order chi connectivity index (χ0) is 34.7. The Morgan fingerprint density at radius 3 is 2.35 bits per heavy atom. The molecular formula is C37H33BrF2N4O5. The van der Waals surface area contributed by atoms with E-state index < -0.39 is 23.0 Å². The van der Waals surface area contributed by atoms with E-state index in [1.54, 1.807) is 48.3 Å². The molecule has 0 atom stereocenters. The molecule has 9 nitrogen and oxygen atoms in total. The molecule has 1 aliphatic rings. The Kier molecular flexibility index (Phi) is 10.1. The van der Waals surface area contributed by atoms with E-state index in [-0.39, 0.29) is 39.7 Å². The number of halogens is 3. The number of aromatic nitrogens is 2. The fourth-order valence-corrected chi connectivity index (χ4v) is 6.23. The first-order chi connectivity index (χ1) is 23.6. The molecule has 49 heavy (non-hydrogen) atoms. The first kappa shape index (κ1) is 33.8. The molecular weight excluding hydrogens is 698 g/mol. The van der Waals surface area contributed by atoms with Gasteiger partial charge in [0.1, 0.15) is 23.0 Å². The van der Waals surface area contributed by atoms with Gasteiger partial charge in [0.05, 0.1) is 14.2 Å². The number of carbonyl (C=O) groups excluding carboxylic acids is 1. The minimum absolute atomic E-state index is 0.0450. The van der Waals surface area contributed by atoms with Gasteiger partial charge in [0, 0.05) is 76.3 Å². The number of hydrogen-bond donors (Lipinski definition) is 2. The second-order valence-corrected chi connectivity index (χ2v) is 12.6.